The van der Waals surface area contributed by atoms with Gasteiger partial charge < -0.3 is 10.4 Å². The number of benzene rings is 1. The molecule has 2 N–H and O–H groups in total. The highest BCUT2D eigenvalue weighted by molar-refractivity contribution is 5.15. The second-order valence-corrected chi connectivity index (χ2v) is 5.44. The van der Waals surface area contributed by atoms with E-state index >= 15 is 0 Å². The van der Waals surface area contributed by atoms with Crippen molar-refractivity contribution in [2.75, 3.05) is 19.7 Å². The second kappa shape index (κ2) is 5.17. The predicted molar refractivity (Wildman–Crippen MR) is 69.8 cm³/mol. The molecule has 1 aliphatic heterocycles. The number of nitrogens with zero attached hydrogens (tertiary/aromatic N) is 1. The van der Waals surface area contributed by atoms with E-state index in [1.165, 1.54) is 5.56 Å². The van der Waals surface area contributed by atoms with Gasteiger partial charge in [-0.05, 0) is 19.4 Å². The Bertz CT molecular complexity index is 350. The number of rotatable bonds is 3. The van der Waals surface area contributed by atoms with Gasteiger partial charge in [-0.15, -0.1) is 0 Å². The lowest BCUT2D eigenvalue weighted by atomic mass is 9.96. The van der Waals surface area contributed by atoms with Gasteiger partial charge in [0.15, 0.2) is 0 Å². The van der Waals surface area contributed by atoms with Crippen molar-refractivity contribution in [2.45, 2.75) is 32.0 Å². The number of hydrogen-bond donors (Lipinski definition) is 2. The van der Waals surface area contributed by atoms with Gasteiger partial charge in [-0.2, -0.15) is 0 Å². The fourth-order valence-electron chi connectivity index (χ4n) is 2.29. The molecule has 1 fully saturated rings. The van der Waals surface area contributed by atoms with Crippen LogP contribution in [-0.4, -0.2) is 41.3 Å². The molecule has 1 aromatic rings. The van der Waals surface area contributed by atoms with E-state index in [4.69, 9.17) is 0 Å². The standard InChI is InChI=1S/C14H22N2O/c1-14(2)11-15-13(10-17)9-16(14)8-12-6-4-3-5-7-12/h3-7,13,15,17H,8-11H2,1-2H3. The first-order valence-electron chi connectivity index (χ1n) is 6.25. The first kappa shape index (κ1) is 12.6. The minimum absolute atomic E-state index is 0.140. The van der Waals surface area contributed by atoms with Crippen LogP contribution in [0.15, 0.2) is 30.3 Å². The molecule has 1 aliphatic rings. The Morgan fingerprint density at radius 2 is 2.06 bits per heavy atom. The van der Waals surface area contributed by atoms with Crippen molar-refractivity contribution in [3.63, 3.8) is 0 Å². The van der Waals surface area contributed by atoms with E-state index in [1.54, 1.807) is 0 Å². The van der Waals surface area contributed by atoms with Crippen LogP contribution >= 0.6 is 0 Å². The average molecular weight is 234 g/mol. The number of hydrogen-bond acceptors (Lipinski definition) is 3. The van der Waals surface area contributed by atoms with Crippen molar-refractivity contribution in [1.29, 1.82) is 0 Å². The van der Waals surface area contributed by atoms with Crippen molar-refractivity contribution < 1.29 is 5.11 Å². The van der Waals surface area contributed by atoms with Crippen molar-refractivity contribution in [3.05, 3.63) is 35.9 Å². The van der Waals surface area contributed by atoms with Crippen LogP contribution in [0, 0.1) is 0 Å². The monoisotopic (exact) mass is 234 g/mol. The van der Waals surface area contributed by atoms with E-state index in [-0.39, 0.29) is 18.2 Å². The molecule has 0 spiro atoms. The molecule has 3 heteroatoms. The molecule has 0 radical (unpaired) electrons. The summed E-state index contributed by atoms with van der Waals surface area (Å²) in [7, 11) is 0. The highest BCUT2D eigenvalue weighted by atomic mass is 16.3. The van der Waals surface area contributed by atoms with Gasteiger partial charge in [0.1, 0.15) is 0 Å². The van der Waals surface area contributed by atoms with E-state index < -0.39 is 0 Å². The van der Waals surface area contributed by atoms with Gasteiger partial charge >= 0.3 is 0 Å². The SMILES string of the molecule is CC1(C)CNC(CO)CN1Cc1ccccc1. The Labute approximate surface area is 103 Å². The molecular weight excluding hydrogens is 212 g/mol. The van der Waals surface area contributed by atoms with Crippen molar-refractivity contribution >= 4 is 0 Å². The molecule has 0 aliphatic carbocycles. The fourth-order valence-corrected chi connectivity index (χ4v) is 2.29. The third-order valence-corrected chi connectivity index (χ3v) is 3.56. The summed E-state index contributed by atoms with van der Waals surface area (Å²) in [5, 5.41) is 12.6. The Balaban J connectivity index is 2.06. The maximum atomic E-state index is 9.26. The number of nitrogens with one attached hydrogen (secondary N) is 1. The fraction of sp³-hybridized carbons (Fsp3) is 0.571. The van der Waals surface area contributed by atoms with Crippen LogP contribution in [0.1, 0.15) is 19.4 Å². The molecule has 0 aromatic heterocycles. The molecule has 1 atom stereocenters. The molecule has 1 unspecified atom stereocenters. The summed E-state index contributed by atoms with van der Waals surface area (Å²) >= 11 is 0. The largest absolute Gasteiger partial charge is 0.395 e. The molecule has 3 nitrogen and oxygen atoms in total. The zero-order valence-electron chi connectivity index (χ0n) is 10.7. The smallest absolute Gasteiger partial charge is 0.0597 e. The quantitative estimate of drug-likeness (QED) is 0.826. The number of piperazine rings is 1. The van der Waals surface area contributed by atoms with E-state index in [1.807, 2.05) is 6.07 Å². The van der Waals surface area contributed by atoms with Crippen LogP contribution in [0.2, 0.25) is 0 Å². The molecular formula is C14H22N2O. The van der Waals surface area contributed by atoms with Crippen LogP contribution < -0.4 is 5.32 Å². The van der Waals surface area contributed by atoms with E-state index in [9.17, 15) is 5.11 Å². The summed E-state index contributed by atoms with van der Waals surface area (Å²) in [5.41, 5.74) is 1.47. The van der Waals surface area contributed by atoms with Gasteiger partial charge in [0.25, 0.3) is 0 Å². The predicted octanol–water partition coefficient (Wildman–Crippen LogP) is 1.23. The van der Waals surface area contributed by atoms with Crippen LogP contribution in [0.5, 0.6) is 0 Å². The molecule has 0 amide bonds. The van der Waals surface area contributed by atoms with Crippen molar-refractivity contribution in [2.24, 2.45) is 0 Å². The third-order valence-electron chi connectivity index (χ3n) is 3.56. The Hall–Kier alpha value is -0.900. The third kappa shape index (κ3) is 3.06. The second-order valence-electron chi connectivity index (χ2n) is 5.44. The maximum Gasteiger partial charge on any atom is 0.0597 e. The lowest BCUT2D eigenvalue weighted by molar-refractivity contribution is 0.0425. The molecule has 1 heterocycles. The average Bonchev–Trinajstić information content (AvgIpc) is 2.33. The molecule has 0 saturated carbocycles. The molecule has 94 valence electrons. The number of aliphatic hydroxyl groups excluding tert-OH is 1. The first-order chi connectivity index (χ1) is 8.12. The molecule has 1 aromatic carbocycles. The Morgan fingerprint density at radius 1 is 1.35 bits per heavy atom. The molecule has 1 saturated heterocycles. The van der Waals surface area contributed by atoms with Gasteiger partial charge in [0, 0.05) is 31.2 Å². The molecule has 17 heavy (non-hydrogen) atoms. The highest BCUT2D eigenvalue weighted by Gasteiger charge is 2.33. The minimum atomic E-state index is 0.140. The van der Waals surface area contributed by atoms with Crippen molar-refractivity contribution in [1.82, 2.24) is 10.2 Å². The van der Waals surface area contributed by atoms with E-state index in [0.29, 0.717) is 0 Å². The summed E-state index contributed by atoms with van der Waals surface area (Å²) < 4.78 is 0. The summed E-state index contributed by atoms with van der Waals surface area (Å²) in [6, 6.07) is 10.7. The normalized spacial score (nSPS) is 24.8. The van der Waals surface area contributed by atoms with Crippen molar-refractivity contribution in [3.8, 4) is 0 Å². The van der Waals surface area contributed by atoms with Gasteiger partial charge in [0.2, 0.25) is 0 Å². The summed E-state index contributed by atoms with van der Waals surface area (Å²) in [6.45, 7) is 7.48. The highest BCUT2D eigenvalue weighted by Crippen LogP contribution is 2.21. The summed E-state index contributed by atoms with van der Waals surface area (Å²) in [6.07, 6.45) is 0. The van der Waals surface area contributed by atoms with E-state index in [0.717, 1.165) is 19.6 Å². The van der Waals surface area contributed by atoms with Gasteiger partial charge in [-0.1, -0.05) is 30.3 Å². The lowest BCUT2D eigenvalue weighted by Crippen LogP contribution is -2.62. The van der Waals surface area contributed by atoms with E-state index in [2.05, 4.69) is 48.3 Å². The first-order valence-corrected chi connectivity index (χ1v) is 6.25. The molecule has 2 rings (SSSR count). The minimum Gasteiger partial charge on any atom is -0.395 e. The summed E-state index contributed by atoms with van der Waals surface area (Å²) in [5.74, 6) is 0. The van der Waals surface area contributed by atoms with Crippen LogP contribution in [0.3, 0.4) is 0 Å². The molecule has 0 bridgehead atoms. The van der Waals surface area contributed by atoms with Gasteiger partial charge in [-0.3, -0.25) is 4.90 Å². The Morgan fingerprint density at radius 3 is 2.71 bits per heavy atom. The van der Waals surface area contributed by atoms with Crippen LogP contribution in [-0.2, 0) is 6.54 Å². The maximum absolute atomic E-state index is 9.26. The lowest BCUT2D eigenvalue weighted by Gasteiger charge is -2.45. The topological polar surface area (TPSA) is 35.5 Å². The zero-order chi connectivity index (χ0) is 12.3. The number of aliphatic hydroxyl groups is 1. The van der Waals surface area contributed by atoms with Gasteiger partial charge in [-0.25, -0.2) is 0 Å². The zero-order valence-corrected chi connectivity index (χ0v) is 10.7. The van der Waals surface area contributed by atoms with Crippen LogP contribution in [0.25, 0.3) is 0 Å². The summed E-state index contributed by atoms with van der Waals surface area (Å²) in [4.78, 5) is 2.44. The van der Waals surface area contributed by atoms with Crippen LogP contribution in [0.4, 0.5) is 0 Å². The van der Waals surface area contributed by atoms with Gasteiger partial charge in [0.05, 0.1) is 6.61 Å². The Kier molecular flexibility index (Phi) is 3.82.